The molecule has 9 heteroatoms. The van der Waals surface area contributed by atoms with Gasteiger partial charge in [-0.3, -0.25) is 20.2 Å². The Bertz CT molecular complexity index is 860. The summed E-state index contributed by atoms with van der Waals surface area (Å²) in [6.07, 6.45) is 1.84. The predicted octanol–water partition coefficient (Wildman–Crippen LogP) is 4.66. The van der Waals surface area contributed by atoms with Crippen LogP contribution in [0.3, 0.4) is 0 Å². The number of halogens is 1. The highest BCUT2D eigenvalue weighted by Gasteiger charge is 2.17. The molecule has 0 aliphatic heterocycles. The molecule has 2 rings (SSSR count). The summed E-state index contributed by atoms with van der Waals surface area (Å²) < 4.78 is 6.39. The van der Waals surface area contributed by atoms with Gasteiger partial charge in [-0.1, -0.05) is 41.4 Å². The van der Waals surface area contributed by atoms with E-state index in [0.29, 0.717) is 22.4 Å². The molecule has 0 unspecified atom stereocenters. The molecule has 0 radical (unpaired) electrons. The molecule has 0 spiro atoms. The second-order valence-electron chi connectivity index (χ2n) is 5.53. The van der Waals surface area contributed by atoms with Crippen molar-refractivity contribution >= 4 is 50.5 Å². The minimum Gasteiger partial charge on any atom is -0.493 e. The van der Waals surface area contributed by atoms with Crippen molar-refractivity contribution in [2.24, 2.45) is 0 Å². The Kier molecular flexibility index (Phi) is 7.68. The third-order valence-corrected chi connectivity index (χ3v) is 4.22. The third-order valence-electron chi connectivity index (χ3n) is 3.52. The molecule has 0 aliphatic rings. The summed E-state index contributed by atoms with van der Waals surface area (Å²) in [4.78, 5) is 23.1. The molecule has 0 heterocycles. The van der Waals surface area contributed by atoms with Crippen molar-refractivity contribution in [2.75, 3.05) is 11.9 Å². The van der Waals surface area contributed by atoms with E-state index < -0.39 is 10.8 Å². The Morgan fingerprint density at radius 2 is 2.04 bits per heavy atom. The Hall–Kier alpha value is -2.52. The zero-order valence-electron chi connectivity index (χ0n) is 14.5. The zero-order valence-corrected chi connectivity index (χ0v) is 16.9. The second kappa shape index (κ2) is 9.98. The van der Waals surface area contributed by atoms with E-state index in [1.54, 1.807) is 30.3 Å². The van der Waals surface area contributed by atoms with E-state index in [2.05, 4.69) is 26.6 Å². The minimum absolute atomic E-state index is 0.0474. The van der Waals surface area contributed by atoms with Gasteiger partial charge >= 0.3 is 0 Å². The summed E-state index contributed by atoms with van der Waals surface area (Å²) in [5, 5.41) is 16.2. The smallest absolute Gasteiger partial charge is 0.292 e. The van der Waals surface area contributed by atoms with E-state index in [-0.39, 0.29) is 16.5 Å². The number of para-hydroxylation sites is 2. The van der Waals surface area contributed by atoms with Crippen molar-refractivity contribution in [3.8, 4) is 5.75 Å². The number of rotatable bonds is 7. The fourth-order valence-corrected chi connectivity index (χ4v) is 2.76. The average molecular weight is 452 g/mol. The van der Waals surface area contributed by atoms with Gasteiger partial charge in [-0.15, -0.1) is 0 Å². The van der Waals surface area contributed by atoms with E-state index >= 15 is 0 Å². The molecular formula is C18H18BrN3O4S. The lowest BCUT2D eigenvalue weighted by molar-refractivity contribution is -0.383. The Morgan fingerprint density at radius 3 is 2.74 bits per heavy atom. The highest BCUT2D eigenvalue weighted by atomic mass is 79.9. The summed E-state index contributed by atoms with van der Waals surface area (Å²) in [6, 6.07) is 11.1. The SMILES string of the molecule is CCCCOc1ccc(Br)cc1C(=O)NC(=S)Nc1ccccc1[N+](=O)[O-]. The molecule has 7 nitrogen and oxygen atoms in total. The molecule has 0 fully saturated rings. The summed E-state index contributed by atoms with van der Waals surface area (Å²) in [5.74, 6) is -0.0310. The fourth-order valence-electron chi connectivity index (χ4n) is 2.19. The number of carbonyl (C=O) groups is 1. The Balaban J connectivity index is 2.12. The van der Waals surface area contributed by atoms with Gasteiger partial charge in [0, 0.05) is 10.5 Å². The number of nitro benzene ring substituents is 1. The van der Waals surface area contributed by atoms with Gasteiger partial charge in [0.2, 0.25) is 0 Å². The van der Waals surface area contributed by atoms with Gasteiger partial charge in [0.05, 0.1) is 17.1 Å². The summed E-state index contributed by atoms with van der Waals surface area (Å²) in [7, 11) is 0. The van der Waals surface area contributed by atoms with Gasteiger partial charge in [0.1, 0.15) is 11.4 Å². The molecule has 2 aromatic carbocycles. The van der Waals surface area contributed by atoms with Crippen LogP contribution < -0.4 is 15.4 Å². The van der Waals surface area contributed by atoms with E-state index in [1.807, 2.05) is 6.92 Å². The zero-order chi connectivity index (χ0) is 19.8. The van der Waals surface area contributed by atoms with Crippen LogP contribution in [-0.2, 0) is 0 Å². The van der Waals surface area contributed by atoms with Crippen LogP contribution in [0.15, 0.2) is 46.9 Å². The lowest BCUT2D eigenvalue weighted by atomic mass is 10.2. The molecule has 2 N–H and O–H groups in total. The maximum absolute atomic E-state index is 12.6. The average Bonchev–Trinajstić information content (AvgIpc) is 2.63. The van der Waals surface area contributed by atoms with Crippen LogP contribution in [0.25, 0.3) is 0 Å². The van der Waals surface area contributed by atoms with Gasteiger partial charge in [0.25, 0.3) is 11.6 Å². The first kappa shape index (κ1) is 20.8. The maximum Gasteiger partial charge on any atom is 0.292 e. The van der Waals surface area contributed by atoms with Gasteiger partial charge in [-0.2, -0.15) is 0 Å². The van der Waals surface area contributed by atoms with Crippen molar-refractivity contribution < 1.29 is 14.5 Å². The number of anilines is 1. The number of nitrogens with one attached hydrogen (secondary N) is 2. The number of nitrogens with zero attached hydrogens (tertiary/aromatic N) is 1. The summed E-state index contributed by atoms with van der Waals surface area (Å²) in [6.45, 7) is 2.54. The van der Waals surface area contributed by atoms with Crippen molar-refractivity contribution in [1.29, 1.82) is 0 Å². The lowest BCUT2D eigenvalue weighted by Crippen LogP contribution is -2.34. The largest absolute Gasteiger partial charge is 0.493 e. The number of ether oxygens (including phenoxy) is 1. The first-order valence-electron chi connectivity index (χ1n) is 8.20. The number of hydrogen-bond donors (Lipinski definition) is 2. The summed E-state index contributed by atoms with van der Waals surface area (Å²) in [5.41, 5.74) is 0.369. The summed E-state index contributed by atoms with van der Waals surface area (Å²) >= 11 is 8.46. The van der Waals surface area contributed by atoms with Crippen molar-refractivity contribution in [2.45, 2.75) is 19.8 Å². The van der Waals surface area contributed by atoms with Gasteiger partial charge < -0.3 is 10.1 Å². The van der Waals surface area contributed by atoms with Crippen LogP contribution in [0.1, 0.15) is 30.1 Å². The van der Waals surface area contributed by atoms with E-state index in [9.17, 15) is 14.9 Å². The van der Waals surface area contributed by atoms with E-state index in [1.165, 1.54) is 12.1 Å². The number of benzene rings is 2. The number of carbonyl (C=O) groups excluding carboxylic acids is 1. The number of hydrogen-bond acceptors (Lipinski definition) is 5. The van der Waals surface area contributed by atoms with Gasteiger partial charge in [-0.05, 0) is 42.9 Å². The molecule has 0 bridgehead atoms. The molecule has 2 aromatic rings. The number of thiocarbonyl (C=S) groups is 1. The molecule has 0 atom stereocenters. The molecule has 0 saturated heterocycles. The second-order valence-corrected chi connectivity index (χ2v) is 6.85. The van der Waals surface area contributed by atoms with Crippen LogP contribution in [0.2, 0.25) is 0 Å². The van der Waals surface area contributed by atoms with Crippen LogP contribution >= 0.6 is 28.1 Å². The maximum atomic E-state index is 12.6. The van der Waals surface area contributed by atoms with Crippen LogP contribution in [-0.4, -0.2) is 22.5 Å². The number of nitro groups is 1. The highest BCUT2D eigenvalue weighted by Crippen LogP contribution is 2.25. The molecular weight excluding hydrogens is 434 g/mol. The standard InChI is InChI=1S/C18H18BrN3O4S/c1-2-3-10-26-16-9-8-12(19)11-13(16)17(23)21-18(27)20-14-6-4-5-7-15(14)22(24)25/h4-9,11H,2-3,10H2,1H3,(H2,20,21,23,27). The van der Waals surface area contributed by atoms with Crippen LogP contribution in [0, 0.1) is 10.1 Å². The quantitative estimate of drug-likeness (QED) is 0.275. The fraction of sp³-hybridized carbons (Fsp3) is 0.222. The molecule has 142 valence electrons. The number of amides is 1. The molecule has 0 saturated carbocycles. The van der Waals surface area contributed by atoms with E-state index in [0.717, 1.165) is 12.8 Å². The molecule has 27 heavy (non-hydrogen) atoms. The van der Waals surface area contributed by atoms with Gasteiger partial charge in [-0.25, -0.2) is 0 Å². The lowest BCUT2D eigenvalue weighted by Gasteiger charge is -2.13. The molecule has 0 aliphatic carbocycles. The molecule has 1 amide bonds. The topological polar surface area (TPSA) is 93.5 Å². The van der Waals surface area contributed by atoms with Crippen molar-refractivity contribution in [3.05, 3.63) is 62.6 Å². The monoisotopic (exact) mass is 451 g/mol. The predicted molar refractivity (Wildman–Crippen MR) is 111 cm³/mol. The first-order valence-corrected chi connectivity index (χ1v) is 9.40. The minimum atomic E-state index is -0.527. The first-order chi connectivity index (χ1) is 12.9. The normalized spacial score (nSPS) is 10.1. The van der Waals surface area contributed by atoms with Crippen molar-refractivity contribution in [3.63, 3.8) is 0 Å². The van der Waals surface area contributed by atoms with Crippen LogP contribution in [0.5, 0.6) is 5.75 Å². The molecule has 0 aromatic heterocycles. The Labute approximate surface area is 170 Å². The van der Waals surface area contributed by atoms with Crippen molar-refractivity contribution in [1.82, 2.24) is 5.32 Å². The Morgan fingerprint density at radius 1 is 1.30 bits per heavy atom. The third kappa shape index (κ3) is 6.00. The van der Waals surface area contributed by atoms with Crippen LogP contribution in [0.4, 0.5) is 11.4 Å². The van der Waals surface area contributed by atoms with E-state index in [4.69, 9.17) is 17.0 Å². The van der Waals surface area contributed by atoms with Gasteiger partial charge in [0.15, 0.2) is 5.11 Å². The highest BCUT2D eigenvalue weighted by molar-refractivity contribution is 9.10. The number of unbranched alkanes of at least 4 members (excludes halogenated alkanes) is 1.